The van der Waals surface area contributed by atoms with E-state index in [1.807, 2.05) is 0 Å². The third-order valence-corrected chi connectivity index (χ3v) is 12.1. The lowest BCUT2D eigenvalue weighted by atomic mass is 10.00. The van der Waals surface area contributed by atoms with Crippen LogP contribution in [0.1, 0.15) is 82.8 Å². The van der Waals surface area contributed by atoms with Gasteiger partial charge in [-0.05, 0) is 87.0 Å². The minimum atomic E-state index is -1.79. The zero-order valence-electron chi connectivity index (χ0n) is 46.3. The van der Waals surface area contributed by atoms with Gasteiger partial charge >= 0.3 is 5.97 Å². The van der Waals surface area contributed by atoms with Crippen LogP contribution in [0.4, 0.5) is 0 Å². The third kappa shape index (κ3) is 28.2. The Bertz CT molecular complexity index is 2500. The molecule has 0 aliphatic heterocycles. The number of aliphatic imine (C=N–C) groups is 4. The molecular formula is C51H84N20O11. The van der Waals surface area contributed by atoms with Crippen molar-refractivity contribution < 1.29 is 53.7 Å². The number of carboxylic acid groups (broad SMARTS) is 1. The molecule has 2 aromatic rings. The van der Waals surface area contributed by atoms with E-state index in [-0.39, 0.29) is 126 Å². The van der Waals surface area contributed by atoms with Gasteiger partial charge in [0.05, 0.1) is 12.6 Å². The number of guanidine groups is 4. The van der Waals surface area contributed by atoms with Gasteiger partial charge in [-0.1, -0.05) is 56.3 Å². The summed E-state index contributed by atoms with van der Waals surface area (Å²) in [6.07, 6.45) is 0.267. The number of aromatic hydroxyl groups is 1. The largest absolute Gasteiger partial charge is 0.508 e. The molecule has 0 bridgehead atoms. The summed E-state index contributed by atoms with van der Waals surface area (Å²) in [6, 6.07) is 2.78. The monoisotopic (exact) mass is 1150 g/mol. The Hall–Kier alpha value is -9.00. The third-order valence-electron chi connectivity index (χ3n) is 12.1. The SMILES string of the molecule is CC(C)C[C@H](NC(=O)[C@H](CCCN=C(N)N)NC(=O)[C@@H](N)CCCN=C(N)N)C(=O)N[C@@H](Cc1ccc(O)cc1)C(=O)N[C@@H](CO)C(=O)N[C@@H](CCCN=C(N)N)C(=O)N[C@@H](CCCN=C(N)N)C(=O)N[C@@H](Cc1ccccc1)C(=O)O. The van der Waals surface area contributed by atoms with Crippen molar-refractivity contribution >= 4 is 71.2 Å². The summed E-state index contributed by atoms with van der Waals surface area (Å²) in [5.41, 5.74) is 50.8. The summed E-state index contributed by atoms with van der Waals surface area (Å²) in [6.45, 7) is 2.79. The van der Waals surface area contributed by atoms with Gasteiger partial charge in [-0.3, -0.25) is 53.5 Å². The Morgan fingerprint density at radius 3 is 1.18 bits per heavy atom. The van der Waals surface area contributed by atoms with E-state index in [9.17, 15) is 53.7 Å². The molecule has 31 nitrogen and oxygen atoms in total. The van der Waals surface area contributed by atoms with Crippen LogP contribution in [0.2, 0.25) is 0 Å². The lowest BCUT2D eigenvalue weighted by molar-refractivity contribution is -0.142. The van der Waals surface area contributed by atoms with Crippen LogP contribution in [0.15, 0.2) is 74.6 Å². The van der Waals surface area contributed by atoms with Crippen molar-refractivity contribution in [1.82, 2.24) is 37.2 Å². The Morgan fingerprint density at radius 2 is 0.768 bits per heavy atom. The van der Waals surface area contributed by atoms with E-state index in [0.717, 1.165) is 0 Å². The van der Waals surface area contributed by atoms with Gasteiger partial charge in [-0.2, -0.15) is 0 Å². The number of nitrogens with two attached hydrogens (primary N) is 9. The number of carboxylic acids is 1. The molecule has 31 heteroatoms. The maximum absolute atomic E-state index is 14.4. The summed E-state index contributed by atoms with van der Waals surface area (Å²) in [5.74, 6) is -8.81. The minimum absolute atomic E-state index is 0.000610. The molecule has 28 N–H and O–H groups in total. The quantitative estimate of drug-likeness (QED) is 0.0169. The highest BCUT2D eigenvalue weighted by molar-refractivity contribution is 5.98. The molecule has 8 atom stereocenters. The van der Waals surface area contributed by atoms with Crippen molar-refractivity contribution in [1.29, 1.82) is 0 Å². The van der Waals surface area contributed by atoms with Gasteiger partial charge in [0.2, 0.25) is 41.4 Å². The Kier molecular flexibility index (Phi) is 31.2. The predicted molar refractivity (Wildman–Crippen MR) is 307 cm³/mol. The van der Waals surface area contributed by atoms with E-state index in [0.29, 0.717) is 17.5 Å². The van der Waals surface area contributed by atoms with E-state index in [1.54, 1.807) is 44.2 Å². The molecule has 0 fully saturated rings. The van der Waals surface area contributed by atoms with Crippen molar-refractivity contribution in [3.05, 3.63) is 65.7 Å². The van der Waals surface area contributed by atoms with Gasteiger partial charge in [-0.15, -0.1) is 0 Å². The number of aliphatic hydroxyl groups excluding tert-OH is 1. The van der Waals surface area contributed by atoms with Gasteiger partial charge < -0.3 is 104 Å². The number of carbonyl (C=O) groups excluding carboxylic acids is 7. The van der Waals surface area contributed by atoms with Crippen molar-refractivity contribution in [2.45, 2.75) is 133 Å². The van der Waals surface area contributed by atoms with Crippen molar-refractivity contribution in [3.8, 4) is 5.75 Å². The number of hydrogen-bond acceptors (Lipinski definition) is 15. The van der Waals surface area contributed by atoms with E-state index >= 15 is 0 Å². The molecule has 0 spiro atoms. The second kappa shape index (κ2) is 37.0. The number of rotatable bonds is 38. The van der Waals surface area contributed by atoms with Gasteiger partial charge in [-0.25, -0.2) is 4.79 Å². The van der Waals surface area contributed by atoms with Crippen molar-refractivity contribution in [2.75, 3.05) is 32.8 Å². The lowest BCUT2D eigenvalue weighted by Gasteiger charge is -2.28. The highest BCUT2D eigenvalue weighted by Gasteiger charge is 2.35. The number of phenols is 1. The molecule has 0 aromatic heterocycles. The van der Waals surface area contributed by atoms with E-state index in [1.165, 1.54) is 24.3 Å². The first-order chi connectivity index (χ1) is 38.8. The maximum atomic E-state index is 14.4. The van der Waals surface area contributed by atoms with Gasteiger partial charge in [0, 0.05) is 39.0 Å². The molecule has 2 aromatic carbocycles. The van der Waals surface area contributed by atoms with Crippen LogP contribution in [0.5, 0.6) is 5.75 Å². The molecule has 0 saturated heterocycles. The highest BCUT2D eigenvalue weighted by atomic mass is 16.4. The summed E-state index contributed by atoms with van der Waals surface area (Å²) < 4.78 is 0. The summed E-state index contributed by atoms with van der Waals surface area (Å²) in [5, 5.41) is 48.5. The molecule has 0 radical (unpaired) electrons. The fourth-order valence-corrected chi connectivity index (χ4v) is 7.90. The average molecular weight is 1150 g/mol. The number of amides is 7. The zero-order valence-corrected chi connectivity index (χ0v) is 46.3. The van der Waals surface area contributed by atoms with Crippen LogP contribution in [-0.2, 0) is 51.2 Å². The zero-order chi connectivity index (χ0) is 61.3. The second-order valence-corrected chi connectivity index (χ2v) is 19.5. The Morgan fingerprint density at radius 1 is 0.439 bits per heavy atom. The molecular weight excluding hydrogens is 1070 g/mol. The fourth-order valence-electron chi connectivity index (χ4n) is 7.90. The molecule has 7 amide bonds. The lowest BCUT2D eigenvalue weighted by Crippen LogP contribution is -2.61. The molecule has 0 aliphatic carbocycles. The van der Waals surface area contributed by atoms with Crippen LogP contribution in [0.3, 0.4) is 0 Å². The van der Waals surface area contributed by atoms with Crippen molar-refractivity contribution in [3.63, 3.8) is 0 Å². The number of aliphatic carboxylic acids is 1. The number of carbonyl (C=O) groups is 8. The topological polar surface area (TPSA) is 565 Å². The number of hydrogen-bond donors (Lipinski definition) is 19. The molecule has 82 heavy (non-hydrogen) atoms. The molecule has 2 rings (SSSR count). The summed E-state index contributed by atoms with van der Waals surface area (Å²) in [7, 11) is 0. The normalized spacial score (nSPS) is 13.8. The minimum Gasteiger partial charge on any atom is -0.508 e. The summed E-state index contributed by atoms with van der Waals surface area (Å²) >= 11 is 0. The van der Waals surface area contributed by atoms with Crippen molar-refractivity contribution in [2.24, 2.45) is 77.5 Å². The Balaban J connectivity index is 2.49. The van der Waals surface area contributed by atoms with Crippen LogP contribution in [0, 0.1) is 5.92 Å². The maximum Gasteiger partial charge on any atom is 0.326 e. The molecule has 454 valence electrons. The number of nitrogens with one attached hydrogen (secondary N) is 7. The van der Waals surface area contributed by atoms with Crippen LogP contribution >= 0.6 is 0 Å². The molecule has 0 heterocycles. The van der Waals surface area contributed by atoms with Gasteiger partial charge in [0.25, 0.3) is 0 Å². The number of aliphatic hydroxyl groups is 1. The number of benzene rings is 2. The smallest absolute Gasteiger partial charge is 0.326 e. The van der Waals surface area contributed by atoms with Gasteiger partial charge in [0.15, 0.2) is 23.8 Å². The standard InChI is InChI=1S/C51H84N20O11/c1-28(2)24-36(68-42(76)33(13-7-21-62-49(55)56)65-40(74)32(52)12-6-20-61-48(53)54)44(78)69-37(25-30-16-18-31(73)19-17-30)45(79)71-39(27-72)46(80)67-34(14-8-22-63-50(57)58)41(75)66-35(15-9-23-64-51(59)60)43(77)70-38(47(81)82)26-29-10-4-3-5-11-29/h3-5,10-11,16-19,28,32-39,72-73H,6-9,12-15,20-27,52H2,1-2H3,(H,65,74)(H,66,75)(H,67,80)(H,68,76)(H,69,78)(H,70,77)(H,71,79)(H,81,82)(H4,53,54,61)(H4,55,56,62)(H4,57,58,63)(H4,59,60,64)/t32-,33-,34-,35-,36-,37-,38-,39-/m0/s1. The fraction of sp³-hybridized carbons (Fsp3) is 0.529. The molecule has 0 saturated carbocycles. The van der Waals surface area contributed by atoms with E-state index < -0.39 is 102 Å². The van der Waals surface area contributed by atoms with Crippen LogP contribution in [0.25, 0.3) is 0 Å². The molecule has 0 unspecified atom stereocenters. The average Bonchev–Trinajstić information content (AvgIpc) is 3.44. The first kappa shape index (κ1) is 69.1. The highest BCUT2D eigenvalue weighted by Crippen LogP contribution is 2.14. The Labute approximate surface area is 475 Å². The predicted octanol–water partition coefficient (Wildman–Crippen LogP) is -5.76. The van der Waals surface area contributed by atoms with E-state index in [4.69, 9.17) is 51.6 Å². The van der Waals surface area contributed by atoms with Crippen LogP contribution < -0.4 is 88.8 Å². The first-order valence-corrected chi connectivity index (χ1v) is 26.5. The first-order valence-electron chi connectivity index (χ1n) is 26.5. The van der Waals surface area contributed by atoms with Crippen LogP contribution in [-0.4, -0.2) is 168 Å². The number of phenolic OH excluding ortho intramolecular Hbond substituents is 1. The van der Waals surface area contributed by atoms with E-state index in [2.05, 4.69) is 57.2 Å². The summed E-state index contributed by atoms with van der Waals surface area (Å²) in [4.78, 5) is 126. The van der Waals surface area contributed by atoms with Gasteiger partial charge in [0.1, 0.15) is 48.0 Å². The number of nitrogens with zero attached hydrogens (tertiary/aromatic N) is 4. The second-order valence-electron chi connectivity index (χ2n) is 19.5. The molecule has 0 aliphatic rings.